The van der Waals surface area contributed by atoms with E-state index in [2.05, 4.69) is 228 Å². The van der Waals surface area contributed by atoms with Crippen LogP contribution in [0.1, 0.15) is 0 Å². The second-order valence-corrected chi connectivity index (χ2v) is 15.7. The summed E-state index contributed by atoms with van der Waals surface area (Å²) in [5.74, 6) is 0. The van der Waals surface area contributed by atoms with Crippen LogP contribution in [-0.2, 0) is 0 Å². The van der Waals surface area contributed by atoms with Crippen molar-refractivity contribution in [1.29, 1.82) is 0 Å². The lowest BCUT2D eigenvalue weighted by molar-refractivity contribution is 0.669. The molecule has 2 aromatic heterocycles. The van der Waals surface area contributed by atoms with Gasteiger partial charge in [0.2, 0.25) is 0 Å². The number of hydrogen-bond donors (Lipinski definition) is 0. The quantitative estimate of drug-likeness (QED) is 0.161. The van der Waals surface area contributed by atoms with Crippen LogP contribution in [0.2, 0.25) is 0 Å². The zero-order valence-electron chi connectivity index (χ0n) is 33.2. The first-order chi connectivity index (χ1) is 30.2. The van der Waals surface area contributed by atoms with Gasteiger partial charge in [-0.05, 0) is 117 Å². The number of para-hydroxylation sites is 4. The predicted octanol–water partition coefficient (Wildman–Crippen LogP) is 16.3. The van der Waals surface area contributed by atoms with Crippen molar-refractivity contribution in [2.75, 3.05) is 4.90 Å². The van der Waals surface area contributed by atoms with Gasteiger partial charge in [-0.15, -0.1) is 0 Å². The van der Waals surface area contributed by atoms with Crippen LogP contribution in [0.4, 0.5) is 17.1 Å². The van der Waals surface area contributed by atoms with Gasteiger partial charge < -0.3 is 13.9 Å². The molecule has 0 aliphatic rings. The molecule has 0 bridgehead atoms. The molecule has 12 aromatic rings. The van der Waals surface area contributed by atoms with Gasteiger partial charge in [0.05, 0.1) is 16.7 Å². The fourth-order valence-electron chi connectivity index (χ4n) is 9.26. The Morgan fingerprint density at radius 2 is 0.934 bits per heavy atom. The number of aromatic nitrogens is 1. The van der Waals surface area contributed by atoms with Gasteiger partial charge in [0.1, 0.15) is 11.2 Å². The fourth-order valence-corrected chi connectivity index (χ4v) is 9.26. The highest BCUT2D eigenvalue weighted by Crippen LogP contribution is 2.44. The van der Waals surface area contributed by atoms with Crippen molar-refractivity contribution in [3.05, 3.63) is 231 Å². The summed E-state index contributed by atoms with van der Waals surface area (Å²) in [6, 6.07) is 83.0. The molecule has 10 aromatic carbocycles. The Balaban J connectivity index is 0.985. The Bertz CT molecular complexity index is 3560. The number of hydrogen-bond acceptors (Lipinski definition) is 2. The molecule has 0 aliphatic carbocycles. The summed E-state index contributed by atoms with van der Waals surface area (Å²) in [5, 5.41) is 7.23. The summed E-state index contributed by atoms with van der Waals surface area (Å²) in [6.45, 7) is 0. The minimum absolute atomic E-state index is 0.880. The molecule has 12 rings (SSSR count). The summed E-state index contributed by atoms with van der Waals surface area (Å²) in [5.41, 5.74) is 15.4. The Kier molecular flexibility index (Phi) is 8.17. The fraction of sp³-hybridized carbons (Fsp3) is 0. The van der Waals surface area contributed by atoms with Crippen LogP contribution in [0.5, 0.6) is 0 Å². The lowest BCUT2D eigenvalue weighted by Crippen LogP contribution is -2.11. The van der Waals surface area contributed by atoms with Crippen LogP contribution < -0.4 is 4.90 Å². The number of fused-ring (bicyclic) bond motifs is 7. The van der Waals surface area contributed by atoms with Gasteiger partial charge >= 0.3 is 0 Å². The van der Waals surface area contributed by atoms with E-state index in [4.69, 9.17) is 4.42 Å². The van der Waals surface area contributed by atoms with Crippen LogP contribution in [0.25, 0.3) is 93.6 Å². The SMILES string of the molecule is c1cc(-c2ccc3ccccc3c2)cc(N(c2ccc(-c3cccc(-n4c5ccccc5c5ccccc54)c3)cc2)c2ccccc2-c2ccc3c(c2)oc2ccccc23)c1. The molecule has 61 heavy (non-hydrogen) atoms. The van der Waals surface area contributed by atoms with E-state index in [1.165, 1.54) is 38.1 Å². The third kappa shape index (κ3) is 5.98. The van der Waals surface area contributed by atoms with Crippen LogP contribution in [0.3, 0.4) is 0 Å². The minimum Gasteiger partial charge on any atom is -0.456 e. The van der Waals surface area contributed by atoms with E-state index in [0.29, 0.717) is 0 Å². The van der Waals surface area contributed by atoms with Crippen molar-refractivity contribution in [3.8, 4) is 39.1 Å². The van der Waals surface area contributed by atoms with Gasteiger partial charge in [0, 0.05) is 44.2 Å². The molecular formula is C58H38N2O. The first-order valence-electron chi connectivity index (χ1n) is 20.8. The van der Waals surface area contributed by atoms with E-state index in [-0.39, 0.29) is 0 Å². The maximum atomic E-state index is 6.39. The number of rotatable bonds is 7. The lowest BCUT2D eigenvalue weighted by Gasteiger charge is -2.28. The Labute approximate surface area is 353 Å². The van der Waals surface area contributed by atoms with Gasteiger partial charge in [-0.3, -0.25) is 0 Å². The third-order valence-electron chi connectivity index (χ3n) is 12.2. The Hall–Kier alpha value is -8.14. The van der Waals surface area contributed by atoms with E-state index >= 15 is 0 Å². The second kappa shape index (κ2) is 14.3. The molecule has 0 amide bonds. The molecule has 3 nitrogen and oxygen atoms in total. The molecule has 0 spiro atoms. The predicted molar refractivity (Wildman–Crippen MR) is 257 cm³/mol. The maximum absolute atomic E-state index is 6.39. The molecule has 2 heterocycles. The molecule has 0 fully saturated rings. The van der Waals surface area contributed by atoms with Crippen LogP contribution >= 0.6 is 0 Å². The average molecular weight is 779 g/mol. The zero-order chi connectivity index (χ0) is 40.3. The number of nitrogens with zero attached hydrogens (tertiary/aromatic N) is 2. The first-order valence-corrected chi connectivity index (χ1v) is 20.8. The van der Waals surface area contributed by atoms with Crippen molar-refractivity contribution >= 4 is 71.6 Å². The van der Waals surface area contributed by atoms with Crippen LogP contribution in [0.15, 0.2) is 235 Å². The molecule has 0 saturated heterocycles. The molecular weight excluding hydrogens is 741 g/mol. The Morgan fingerprint density at radius 3 is 1.75 bits per heavy atom. The summed E-state index contributed by atoms with van der Waals surface area (Å²) in [7, 11) is 0. The maximum Gasteiger partial charge on any atom is 0.136 e. The topological polar surface area (TPSA) is 21.3 Å². The Morgan fingerprint density at radius 1 is 0.328 bits per heavy atom. The van der Waals surface area contributed by atoms with E-state index in [9.17, 15) is 0 Å². The highest BCUT2D eigenvalue weighted by molar-refractivity contribution is 6.09. The van der Waals surface area contributed by atoms with Crippen LogP contribution in [-0.4, -0.2) is 4.57 Å². The van der Waals surface area contributed by atoms with Crippen molar-refractivity contribution < 1.29 is 4.42 Å². The number of benzene rings is 10. The third-order valence-corrected chi connectivity index (χ3v) is 12.2. The monoisotopic (exact) mass is 778 g/mol. The standard InChI is InChI=1S/C58H38N2O/c1-2-14-41-35-44(28-27-39(41)13-1)43-16-12-17-47(37-43)59(54-23-7-3-19-49(54)45-31-34-53-52-22-6-10-26-57(52)61-58(53)38-45)46-32-29-40(30-33-46)42-15-11-18-48(36-42)60-55-24-8-4-20-50(55)51-21-5-9-25-56(51)60/h1-38H. The lowest BCUT2D eigenvalue weighted by atomic mass is 9.98. The summed E-state index contributed by atoms with van der Waals surface area (Å²) < 4.78 is 8.78. The highest BCUT2D eigenvalue weighted by Gasteiger charge is 2.20. The average Bonchev–Trinajstić information content (AvgIpc) is 3.87. The van der Waals surface area contributed by atoms with Gasteiger partial charge in [0.15, 0.2) is 0 Å². The molecule has 0 aliphatic heterocycles. The van der Waals surface area contributed by atoms with Gasteiger partial charge in [0.25, 0.3) is 0 Å². The summed E-state index contributed by atoms with van der Waals surface area (Å²) >= 11 is 0. The number of anilines is 3. The molecule has 286 valence electrons. The molecule has 0 N–H and O–H groups in total. The molecule has 0 saturated carbocycles. The smallest absolute Gasteiger partial charge is 0.136 e. The molecule has 0 atom stereocenters. The van der Waals surface area contributed by atoms with Crippen molar-refractivity contribution in [1.82, 2.24) is 4.57 Å². The zero-order valence-corrected chi connectivity index (χ0v) is 33.2. The van der Waals surface area contributed by atoms with Crippen molar-refractivity contribution in [2.45, 2.75) is 0 Å². The largest absolute Gasteiger partial charge is 0.456 e. The van der Waals surface area contributed by atoms with E-state index in [1.807, 2.05) is 12.1 Å². The number of furan rings is 1. The minimum atomic E-state index is 0.880. The normalized spacial score (nSPS) is 11.6. The van der Waals surface area contributed by atoms with Crippen molar-refractivity contribution in [3.63, 3.8) is 0 Å². The summed E-state index contributed by atoms with van der Waals surface area (Å²) in [4.78, 5) is 2.39. The van der Waals surface area contributed by atoms with Crippen LogP contribution in [0, 0.1) is 0 Å². The molecule has 0 radical (unpaired) electrons. The molecule has 3 heteroatoms. The first kappa shape index (κ1) is 34.9. The summed E-state index contributed by atoms with van der Waals surface area (Å²) in [6.07, 6.45) is 0. The van der Waals surface area contributed by atoms with E-state index in [0.717, 1.165) is 72.5 Å². The van der Waals surface area contributed by atoms with E-state index < -0.39 is 0 Å². The van der Waals surface area contributed by atoms with Gasteiger partial charge in [-0.2, -0.15) is 0 Å². The van der Waals surface area contributed by atoms with Gasteiger partial charge in [-0.1, -0.05) is 152 Å². The molecule has 0 unspecified atom stereocenters. The van der Waals surface area contributed by atoms with Gasteiger partial charge in [-0.25, -0.2) is 0 Å². The van der Waals surface area contributed by atoms with E-state index in [1.54, 1.807) is 0 Å². The highest BCUT2D eigenvalue weighted by atomic mass is 16.3. The second-order valence-electron chi connectivity index (χ2n) is 15.7. The van der Waals surface area contributed by atoms with Crippen molar-refractivity contribution in [2.24, 2.45) is 0 Å².